The van der Waals surface area contributed by atoms with Crippen LogP contribution in [0, 0.1) is 0 Å². The van der Waals surface area contributed by atoms with Gasteiger partial charge in [0.2, 0.25) is 0 Å². The van der Waals surface area contributed by atoms with Crippen LogP contribution in [0.15, 0.2) is 54.7 Å². The highest BCUT2D eigenvalue weighted by atomic mass is 16.3. The van der Waals surface area contributed by atoms with Crippen molar-refractivity contribution >= 4 is 22.5 Å². The zero-order valence-corrected chi connectivity index (χ0v) is 14.6. The lowest BCUT2D eigenvalue weighted by atomic mass is 10.1. The third-order valence-corrected chi connectivity index (χ3v) is 5.03. The number of benzene rings is 2. The molecular weight excluding hydrogens is 326 g/mol. The number of nitrogens with one attached hydrogen (secondary N) is 1. The topological polar surface area (TPSA) is 65.5 Å². The average Bonchev–Trinajstić information content (AvgIpc) is 3.12. The van der Waals surface area contributed by atoms with E-state index in [1.165, 1.54) is 5.56 Å². The lowest BCUT2D eigenvalue weighted by Crippen LogP contribution is -2.30. The van der Waals surface area contributed by atoms with Gasteiger partial charge in [-0.15, -0.1) is 0 Å². The van der Waals surface area contributed by atoms with Crippen LogP contribution in [0.5, 0.6) is 0 Å². The van der Waals surface area contributed by atoms with E-state index in [0.717, 1.165) is 35.2 Å². The van der Waals surface area contributed by atoms with Gasteiger partial charge < -0.3 is 10.4 Å². The summed E-state index contributed by atoms with van der Waals surface area (Å²) in [6.07, 6.45) is 1.73. The summed E-state index contributed by atoms with van der Waals surface area (Å²) in [6.45, 7) is 3.65. The highest BCUT2D eigenvalue weighted by Gasteiger charge is 2.25. The number of rotatable bonds is 4. The van der Waals surface area contributed by atoms with Crippen LogP contribution >= 0.6 is 0 Å². The summed E-state index contributed by atoms with van der Waals surface area (Å²) in [5, 5.41) is 13.3. The van der Waals surface area contributed by atoms with Crippen LogP contribution < -0.4 is 5.32 Å². The van der Waals surface area contributed by atoms with Crippen molar-refractivity contribution < 1.29 is 9.90 Å². The maximum atomic E-state index is 12.9. The molecule has 0 radical (unpaired) electrons. The number of nitrogens with zero attached hydrogens (tertiary/aromatic N) is 2. The molecule has 0 saturated carbocycles. The quantitative estimate of drug-likeness (QED) is 0.761. The van der Waals surface area contributed by atoms with Gasteiger partial charge in [-0.25, -0.2) is 0 Å². The van der Waals surface area contributed by atoms with E-state index in [2.05, 4.69) is 21.3 Å². The first-order valence-corrected chi connectivity index (χ1v) is 8.78. The Morgan fingerprint density at radius 3 is 2.88 bits per heavy atom. The zero-order chi connectivity index (χ0) is 18.1. The molecule has 0 fully saturated rings. The van der Waals surface area contributed by atoms with Crippen molar-refractivity contribution in [1.29, 1.82) is 0 Å². The number of carbonyl (C=O) groups excluding carboxylic acids is 1. The molecule has 2 N–H and O–H groups in total. The Morgan fingerprint density at radius 2 is 2.04 bits per heavy atom. The van der Waals surface area contributed by atoms with Crippen LogP contribution in [0.4, 0.5) is 5.69 Å². The molecule has 1 aromatic heterocycles. The second-order valence-electron chi connectivity index (χ2n) is 6.71. The monoisotopic (exact) mass is 347 g/mol. The zero-order valence-electron chi connectivity index (χ0n) is 14.6. The number of fused-ring (bicyclic) bond motifs is 2. The summed E-state index contributed by atoms with van der Waals surface area (Å²) < 4.78 is 0. The summed E-state index contributed by atoms with van der Waals surface area (Å²) in [4.78, 5) is 19.4. The fourth-order valence-corrected chi connectivity index (χ4v) is 3.48. The van der Waals surface area contributed by atoms with Crippen molar-refractivity contribution in [3.8, 4) is 0 Å². The molecule has 4 rings (SSSR count). The van der Waals surface area contributed by atoms with Gasteiger partial charge in [0.1, 0.15) is 0 Å². The largest absolute Gasteiger partial charge is 0.395 e. The predicted octanol–water partition coefficient (Wildman–Crippen LogP) is 3.18. The summed E-state index contributed by atoms with van der Waals surface area (Å²) in [6, 6.07) is 15.4. The minimum absolute atomic E-state index is 0.0927. The lowest BCUT2D eigenvalue weighted by Gasteiger charge is -2.21. The van der Waals surface area contributed by atoms with E-state index in [1.807, 2.05) is 49.4 Å². The lowest BCUT2D eigenvalue weighted by molar-refractivity contribution is 0.102. The maximum Gasteiger partial charge on any atom is 0.256 e. The molecule has 0 aliphatic carbocycles. The Balaban J connectivity index is 1.63. The van der Waals surface area contributed by atoms with Crippen LogP contribution in [0.25, 0.3) is 10.9 Å². The molecule has 1 amide bonds. The van der Waals surface area contributed by atoms with Gasteiger partial charge in [-0.05, 0) is 42.3 Å². The van der Waals surface area contributed by atoms with Crippen molar-refractivity contribution in [2.45, 2.75) is 26.1 Å². The molecule has 3 aromatic rings. The second kappa shape index (κ2) is 6.86. The average molecular weight is 347 g/mol. The number of amides is 1. The highest BCUT2D eigenvalue weighted by molar-refractivity contribution is 6.12. The smallest absolute Gasteiger partial charge is 0.256 e. The molecule has 5 heteroatoms. The van der Waals surface area contributed by atoms with Gasteiger partial charge in [-0.1, -0.05) is 24.3 Å². The van der Waals surface area contributed by atoms with E-state index in [4.69, 9.17) is 0 Å². The molecule has 132 valence electrons. The van der Waals surface area contributed by atoms with Crippen LogP contribution in [-0.2, 0) is 13.1 Å². The van der Waals surface area contributed by atoms with Crippen LogP contribution in [-0.4, -0.2) is 33.5 Å². The number of hydrogen-bond donors (Lipinski definition) is 2. The van der Waals surface area contributed by atoms with Gasteiger partial charge in [-0.3, -0.25) is 14.7 Å². The summed E-state index contributed by atoms with van der Waals surface area (Å²) in [5.41, 5.74) is 4.58. The standard InChI is InChI=1S/C21H21N3O2/c1-14(13-25)24-11-15-5-2-9-20(18(15)12-24)23-21(26)17-6-3-8-19-16(17)7-4-10-22-19/h2-10,14,25H,11-13H2,1H3,(H,23,26)/t14-/m1/s1. The van der Waals surface area contributed by atoms with E-state index < -0.39 is 0 Å². The Morgan fingerprint density at radius 1 is 1.19 bits per heavy atom. The van der Waals surface area contributed by atoms with Gasteiger partial charge in [0.25, 0.3) is 5.91 Å². The first-order chi connectivity index (χ1) is 12.7. The second-order valence-corrected chi connectivity index (χ2v) is 6.71. The Labute approximate surface area is 152 Å². The first kappa shape index (κ1) is 16.7. The van der Waals surface area contributed by atoms with E-state index in [1.54, 1.807) is 6.20 Å². The van der Waals surface area contributed by atoms with Gasteiger partial charge in [0.05, 0.1) is 12.1 Å². The summed E-state index contributed by atoms with van der Waals surface area (Å²) in [7, 11) is 0. The molecule has 2 heterocycles. The van der Waals surface area contributed by atoms with Crippen molar-refractivity contribution in [2.24, 2.45) is 0 Å². The molecule has 5 nitrogen and oxygen atoms in total. The van der Waals surface area contributed by atoms with Crippen LogP contribution in [0.1, 0.15) is 28.4 Å². The molecule has 2 aromatic carbocycles. The minimum atomic E-state index is -0.134. The molecule has 1 atom stereocenters. The third kappa shape index (κ3) is 2.96. The fraction of sp³-hybridized carbons (Fsp3) is 0.238. The van der Waals surface area contributed by atoms with Crippen molar-refractivity contribution in [3.05, 3.63) is 71.4 Å². The number of aromatic nitrogens is 1. The molecule has 0 spiro atoms. The minimum Gasteiger partial charge on any atom is -0.395 e. The molecule has 1 aliphatic rings. The van der Waals surface area contributed by atoms with Crippen LogP contribution in [0.2, 0.25) is 0 Å². The van der Waals surface area contributed by atoms with E-state index in [-0.39, 0.29) is 18.6 Å². The van der Waals surface area contributed by atoms with E-state index in [0.29, 0.717) is 5.56 Å². The third-order valence-electron chi connectivity index (χ3n) is 5.03. The SMILES string of the molecule is C[C@H](CO)N1Cc2cccc(NC(=O)c3cccc4ncccc34)c2C1. The normalized spacial score (nSPS) is 15.0. The molecule has 0 bridgehead atoms. The maximum absolute atomic E-state index is 12.9. The molecular formula is C21H21N3O2. The number of aliphatic hydroxyl groups is 1. The van der Waals surface area contributed by atoms with Crippen molar-refractivity contribution in [3.63, 3.8) is 0 Å². The first-order valence-electron chi connectivity index (χ1n) is 8.78. The summed E-state index contributed by atoms with van der Waals surface area (Å²) >= 11 is 0. The number of hydrogen-bond acceptors (Lipinski definition) is 4. The Hall–Kier alpha value is -2.76. The number of carbonyl (C=O) groups is 1. The molecule has 0 unspecified atom stereocenters. The number of anilines is 1. The summed E-state index contributed by atoms with van der Waals surface area (Å²) in [5.74, 6) is -0.134. The van der Waals surface area contributed by atoms with Gasteiger partial charge in [-0.2, -0.15) is 0 Å². The predicted molar refractivity (Wildman–Crippen MR) is 102 cm³/mol. The van der Waals surface area contributed by atoms with Gasteiger partial charge in [0, 0.05) is 42.0 Å². The molecule has 0 saturated heterocycles. The van der Waals surface area contributed by atoms with E-state index >= 15 is 0 Å². The van der Waals surface area contributed by atoms with Gasteiger partial charge in [0.15, 0.2) is 0 Å². The number of pyridine rings is 1. The van der Waals surface area contributed by atoms with Crippen molar-refractivity contribution in [2.75, 3.05) is 11.9 Å². The van der Waals surface area contributed by atoms with E-state index in [9.17, 15) is 9.90 Å². The van der Waals surface area contributed by atoms with Crippen LogP contribution in [0.3, 0.4) is 0 Å². The Kier molecular flexibility index (Phi) is 4.41. The highest BCUT2D eigenvalue weighted by Crippen LogP contribution is 2.31. The molecule has 26 heavy (non-hydrogen) atoms. The molecule has 1 aliphatic heterocycles. The Bertz CT molecular complexity index is 965. The number of aliphatic hydroxyl groups excluding tert-OH is 1. The fourth-order valence-electron chi connectivity index (χ4n) is 3.48. The van der Waals surface area contributed by atoms with Crippen molar-refractivity contribution in [1.82, 2.24) is 9.88 Å². The van der Waals surface area contributed by atoms with Gasteiger partial charge >= 0.3 is 0 Å².